The van der Waals surface area contributed by atoms with Gasteiger partial charge in [-0.25, -0.2) is 4.39 Å². The number of fused-ring (bicyclic) bond motifs is 1. The Bertz CT molecular complexity index is 655. The molecule has 0 radical (unpaired) electrons. The molecule has 1 heterocycles. The molecule has 1 aliphatic heterocycles. The fourth-order valence-electron chi connectivity index (χ4n) is 4.36. The summed E-state index contributed by atoms with van der Waals surface area (Å²) < 4.78 is 19.8. The molecule has 150 valence electrons. The first-order valence-electron chi connectivity index (χ1n) is 10.4. The van der Waals surface area contributed by atoms with Crippen LogP contribution >= 0.6 is 0 Å². The standard InChI is InChI=1S/C22H32FNO3/c1-3-4-9-27-21-11-19-18(10-20(21)23)13-24(22(19)26)12-16-5-7-17(8-6-16)15(2)14-25/h10-11,15-17,25H,3-9,12-14H2,1-2H3/t15?,16-,17-. The van der Waals surface area contributed by atoms with Gasteiger partial charge >= 0.3 is 0 Å². The summed E-state index contributed by atoms with van der Waals surface area (Å²) in [4.78, 5) is 14.7. The van der Waals surface area contributed by atoms with Crippen molar-refractivity contribution in [2.45, 2.75) is 58.9 Å². The molecule has 1 atom stereocenters. The van der Waals surface area contributed by atoms with Crippen molar-refractivity contribution in [3.63, 3.8) is 0 Å². The highest BCUT2D eigenvalue weighted by atomic mass is 19.1. The van der Waals surface area contributed by atoms with Crippen LogP contribution in [0.1, 0.15) is 68.3 Å². The lowest BCUT2D eigenvalue weighted by Crippen LogP contribution is -2.33. The monoisotopic (exact) mass is 377 g/mol. The summed E-state index contributed by atoms with van der Waals surface area (Å²) in [5, 5.41) is 9.34. The van der Waals surface area contributed by atoms with Gasteiger partial charge in [-0.15, -0.1) is 0 Å². The van der Waals surface area contributed by atoms with Crippen LogP contribution in [0.3, 0.4) is 0 Å². The Morgan fingerprint density at radius 2 is 2.04 bits per heavy atom. The fraction of sp³-hybridized carbons (Fsp3) is 0.682. The van der Waals surface area contributed by atoms with E-state index in [1.807, 2.05) is 4.90 Å². The van der Waals surface area contributed by atoms with Gasteiger partial charge in [0.15, 0.2) is 11.6 Å². The van der Waals surface area contributed by atoms with Crippen LogP contribution in [0.4, 0.5) is 4.39 Å². The highest BCUT2D eigenvalue weighted by Crippen LogP contribution is 2.36. The van der Waals surface area contributed by atoms with Gasteiger partial charge in [-0.3, -0.25) is 4.79 Å². The van der Waals surface area contributed by atoms with Crippen molar-refractivity contribution in [1.82, 2.24) is 4.90 Å². The molecule has 1 unspecified atom stereocenters. The highest BCUT2D eigenvalue weighted by molar-refractivity contribution is 5.98. The van der Waals surface area contributed by atoms with Gasteiger partial charge in [0.2, 0.25) is 0 Å². The maximum Gasteiger partial charge on any atom is 0.254 e. The van der Waals surface area contributed by atoms with E-state index in [0.717, 1.165) is 50.6 Å². The number of hydrogen-bond acceptors (Lipinski definition) is 3. The third-order valence-electron chi connectivity index (χ3n) is 6.25. The largest absolute Gasteiger partial charge is 0.490 e. The number of benzene rings is 1. The van der Waals surface area contributed by atoms with Gasteiger partial charge in [-0.1, -0.05) is 20.3 Å². The summed E-state index contributed by atoms with van der Waals surface area (Å²) >= 11 is 0. The average molecular weight is 378 g/mol. The van der Waals surface area contributed by atoms with Gasteiger partial charge in [0.25, 0.3) is 5.91 Å². The lowest BCUT2D eigenvalue weighted by atomic mass is 9.76. The van der Waals surface area contributed by atoms with Crippen molar-refractivity contribution in [3.05, 3.63) is 29.1 Å². The van der Waals surface area contributed by atoms with Crippen LogP contribution in [0.5, 0.6) is 5.75 Å². The van der Waals surface area contributed by atoms with Crippen molar-refractivity contribution >= 4 is 5.91 Å². The van der Waals surface area contributed by atoms with Crippen molar-refractivity contribution in [2.24, 2.45) is 17.8 Å². The van der Waals surface area contributed by atoms with E-state index in [1.165, 1.54) is 6.07 Å². The Morgan fingerprint density at radius 3 is 2.70 bits per heavy atom. The number of carbonyl (C=O) groups excluding carboxylic acids is 1. The summed E-state index contributed by atoms with van der Waals surface area (Å²) in [6.07, 6.45) is 6.27. The van der Waals surface area contributed by atoms with E-state index < -0.39 is 0 Å². The molecule has 27 heavy (non-hydrogen) atoms. The highest BCUT2D eigenvalue weighted by Gasteiger charge is 2.32. The molecule has 1 fully saturated rings. The molecule has 0 aromatic heterocycles. The Labute approximate surface area is 161 Å². The van der Waals surface area contributed by atoms with Crippen LogP contribution in [0, 0.1) is 23.6 Å². The number of ether oxygens (including phenoxy) is 1. The van der Waals surface area contributed by atoms with E-state index in [9.17, 15) is 14.3 Å². The van der Waals surface area contributed by atoms with E-state index in [2.05, 4.69) is 13.8 Å². The number of nitrogens with zero attached hydrogens (tertiary/aromatic N) is 1. The number of aliphatic hydroxyl groups is 1. The molecule has 2 aliphatic rings. The summed E-state index contributed by atoms with van der Waals surface area (Å²) in [5.41, 5.74) is 1.36. The summed E-state index contributed by atoms with van der Waals surface area (Å²) in [6.45, 7) is 6.12. The predicted octanol–water partition coefficient (Wildman–Crippen LogP) is 4.40. The van der Waals surface area contributed by atoms with Gasteiger partial charge < -0.3 is 14.7 Å². The lowest BCUT2D eigenvalue weighted by Gasteiger charge is -2.33. The number of unbranched alkanes of at least 4 members (excludes halogenated alkanes) is 1. The quantitative estimate of drug-likeness (QED) is 0.684. The molecule has 1 N–H and O–H groups in total. The number of rotatable bonds is 8. The number of hydrogen-bond donors (Lipinski definition) is 1. The Hall–Kier alpha value is -1.62. The van der Waals surface area contributed by atoms with Crippen LogP contribution in [-0.4, -0.2) is 35.7 Å². The minimum atomic E-state index is -0.377. The SMILES string of the molecule is CCCCOc1cc2c(cc1F)CN(C[C@H]1CC[C@H](C(C)CO)CC1)C2=O. The molecular weight excluding hydrogens is 345 g/mol. The molecule has 1 amide bonds. The normalized spacial score (nSPS) is 23.4. The van der Waals surface area contributed by atoms with Gasteiger partial charge in [0.05, 0.1) is 6.61 Å². The first kappa shape index (κ1) is 20.1. The van der Waals surface area contributed by atoms with Crippen molar-refractivity contribution < 1.29 is 19.0 Å². The zero-order valence-electron chi connectivity index (χ0n) is 16.5. The van der Waals surface area contributed by atoms with Gasteiger partial charge in [-0.05, 0) is 67.6 Å². The molecule has 1 aliphatic carbocycles. The van der Waals surface area contributed by atoms with Crippen LogP contribution in [0.15, 0.2) is 12.1 Å². The zero-order chi connectivity index (χ0) is 19.4. The Kier molecular flexibility index (Phi) is 6.74. The second-order valence-electron chi connectivity index (χ2n) is 8.27. The predicted molar refractivity (Wildman–Crippen MR) is 103 cm³/mol. The number of carbonyl (C=O) groups is 1. The summed E-state index contributed by atoms with van der Waals surface area (Å²) in [7, 11) is 0. The first-order chi connectivity index (χ1) is 13.0. The average Bonchev–Trinajstić information content (AvgIpc) is 2.97. The van der Waals surface area contributed by atoms with Gasteiger partial charge in [0, 0.05) is 25.3 Å². The van der Waals surface area contributed by atoms with E-state index in [1.54, 1.807) is 6.07 Å². The third-order valence-corrected chi connectivity index (χ3v) is 6.25. The molecule has 4 nitrogen and oxygen atoms in total. The maximum absolute atomic E-state index is 14.3. The maximum atomic E-state index is 14.3. The Balaban J connectivity index is 1.59. The molecular formula is C22H32FNO3. The Morgan fingerprint density at radius 1 is 1.30 bits per heavy atom. The smallest absolute Gasteiger partial charge is 0.254 e. The van der Waals surface area contributed by atoms with Gasteiger partial charge in [0.1, 0.15) is 0 Å². The van der Waals surface area contributed by atoms with E-state index >= 15 is 0 Å². The van der Waals surface area contributed by atoms with Crippen LogP contribution in [-0.2, 0) is 6.54 Å². The molecule has 3 rings (SSSR count). The minimum Gasteiger partial charge on any atom is -0.490 e. The topological polar surface area (TPSA) is 49.8 Å². The number of aliphatic hydroxyl groups excluding tert-OH is 1. The van der Waals surface area contributed by atoms with Crippen LogP contribution in [0.2, 0.25) is 0 Å². The first-order valence-corrected chi connectivity index (χ1v) is 10.4. The third kappa shape index (κ3) is 4.63. The molecule has 0 bridgehead atoms. The molecule has 5 heteroatoms. The molecule has 1 aromatic rings. The van der Waals surface area contributed by atoms with Crippen molar-refractivity contribution in [1.29, 1.82) is 0 Å². The van der Waals surface area contributed by atoms with E-state index in [4.69, 9.17) is 4.74 Å². The van der Waals surface area contributed by atoms with Crippen molar-refractivity contribution in [2.75, 3.05) is 19.8 Å². The molecule has 0 spiro atoms. The van der Waals surface area contributed by atoms with E-state index in [-0.39, 0.29) is 24.1 Å². The number of halogens is 1. The fourth-order valence-corrected chi connectivity index (χ4v) is 4.36. The van der Waals surface area contributed by atoms with Gasteiger partial charge in [-0.2, -0.15) is 0 Å². The van der Waals surface area contributed by atoms with E-state index in [0.29, 0.717) is 36.5 Å². The summed E-state index contributed by atoms with van der Waals surface area (Å²) in [5.74, 6) is 1.26. The summed E-state index contributed by atoms with van der Waals surface area (Å²) in [6, 6.07) is 3.05. The zero-order valence-corrected chi connectivity index (χ0v) is 16.5. The molecule has 1 aromatic carbocycles. The van der Waals surface area contributed by atoms with Crippen LogP contribution < -0.4 is 4.74 Å². The molecule has 1 saturated carbocycles. The second kappa shape index (κ2) is 9.05. The molecule has 0 saturated heterocycles. The number of amides is 1. The minimum absolute atomic E-state index is 0.00353. The van der Waals surface area contributed by atoms with Crippen molar-refractivity contribution in [3.8, 4) is 5.75 Å². The van der Waals surface area contributed by atoms with Crippen LogP contribution in [0.25, 0.3) is 0 Å². The lowest BCUT2D eigenvalue weighted by molar-refractivity contribution is 0.0712. The second-order valence-corrected chi connectivity index (χ2v) is 8.27.